The van der Waals surface area contributed by atoms with Crippen molar-refractivity contribution >= 4 is 5.82 Å². The van der Waals surface area contributed by atoms with Crippen LogP contribution in [0.5, 0.6) is 0 Å². The average Bonchev–Trinajstić information content (AvgIpc) is 2.41. The maximum Gasteiger partial charge on any atom is 0.128 e. The normalized spacial score (nSPS) is 11.0. The predicted molar refractivity (Wildman–Crippen MR) is 79.6 cm³/mol. The van der Waals surface area contributed by atoms with Crippen molar-refractivity contribution in [2.75, 3.05) is 59.4 Å². The molecular formula is C14H26N4O. The number of hydrogen-bond donors (Lipinski definition) is 1. The van der Waals surface area contributed by atoms with Crippen molar-refractivity contribution in [2.24, 2.45) is 0 Å². The van der Waals surface area contributed by atoms with Gasteiger partial charge in [0.15, 0.2) is 0 Å². The van der Waals surface area contributed by atoms with Crippen LogP contribution in [0.3, 0.4) is 0 Å². The lowest BCUT2D eigenvalue weighted by Crippen LogP contribution is -2.29. The van der Waals surface area contributed by atoms with E-state index >= 15 is 0 Å². The SMILES string of the molecule is COCCNCc1ccc(N(C)CCN(C)C)nc1. The molecule has 19 heavy (non-hydrogen) atoms. The highest BCUT2D eigenvalue weighted by atomic mass is 16.5. The maximum absolute atomic E-state index is 4.99. The van der Waals surface area contributed by atoms with Crippen molar-refractivity contribution in [2.45, 2.75) is 6.54 Å². The Morgan fingerprint density at radius 1 is 1.21 bits per heavy atom. The summed E-state index contributed by atoms with van der Waals surface area (Å²) in [6, 6.07) is 4.19. The van der Waals surface area contributed by atoms with Crippen LogP contribution in [0.1, 0.15) is 5.56 Å². The van der Waals surface area contributed by atoms with Crippen LogP contribution in [0, 0.1) is 0 Å². The molecule has 0 aliphatic carbocycles. The van der Waals surface area contributed by atoms with Gasteiger partial charge in [-0.3, -0.25) is 0 Å². The molecule has 0 unspecified atom stereocenters. The molecule has 0 saturated carbocycles. The first-order valence-corrected chi connectivity index (χ1v) is 6.64. The van der Waals surface area contributed by atoms with E-state index in [1.54, 1.807) is 7.11 Å². The summed E-state index contributed by atoms with van der Waals surface area (Å²) in [5.74, 6) is 1.02. The second-order valence-electron chi connectivity index (χ2n) is 4.92. The quantitative estimate of drug-likeness (QED) is 0.670. The maximum atomic E-state index is 4.99. The number of methoxy groups -OCH3 is 1. The van der Waals surface area contributed by atoms with E-state index in [9.17, 15) is 0 Å². The standard InChI is InChI=1S/C14H26N4O/c1-17(2)8-9-18(3)14-6-5-13(12-16-14)11-15-7-10-19-4/h5-6,12,15H,7-11H2,1-4H3. The minimum absolute atomic E-state index is 0.735. The van der Waals surface area contributed by atoms with E-state index in [0.29, 0.717) is 0 Å². The van der Waals surface area contributed by atoms with E-state index in [-0.39, 0.29) is 0 Å². The van der Waals surface area contributed by atoms with Gasteiger partial charge in [-0.15, -0.1) is 0 Å². The van der Waals surface area contributed by atoms with Crippen molar-refractivity contribution in [1.82, 2.24) is 15.2 Å². The van der Waals surface area contributed by atoms with Crippen LogP contribution in [-0.4, -0.2) is 64.4 Å². The van der Waals surface area contributed by atoms with Gasteiger partial charge in [0.05, 0.1) is 6.61 Å². The molecule has 108 valence electrons. The summed E-state index contributed by atoms with van der Waals surface area (Å²) in [6.07, 6.45) is 1.93. The molecule has 1 N–H and O–H groups in total. The molecular weight excluding hydrogens is 240 g/mol. The molecule has 1 aromatic rings. The highest BCUT2D eigenvalue weighted by Crippen LogP contribution is 2.09. The minimum Gasteiger partial charge on any atom is -0.383 e. The van der Waals surface area contributed by atoms with Crippen molar-refractivity contribution in [3.05, 3.63) is 23.9 Å². The molecule has 0 radical (unpaired) electrons. The number of nitrogens with zero attached hydrogens (tertiary/aromatic N) is 3. The average molecular weight is 266 g/mol. The van der Waals surface area contributed by atoms with Gasteiger partial charge in [-0.1, -0.05) is 6.07 Å². The van der Waals surface area contributed by atoms with E-state index in [1.807, 2.05) is 6.20 Å². The number of likely N-dealkylation sites (N-methyl/N-ethyl adjacent to an activating group) is 2. The second-order valence-corrected chi connectivity index (χ2v) is 4.92. The Balaban J connectivity index is 2.37. The highest BCUT2D eigenvalue weighted by molar-refractivity contribution is 5.38. The fourth-order valence-electron chi connectivity index (χ4n) is 1.62. The number of rotatable bonds is 9. The van der Waals surface area contributed by atoms with Crippen LogP contribution in [-0.2, 0) is 11.3 Å². The molecule has 0 aliphatic heterocycles. The van der Waals surface area contributed by atoms with E-state index in [1.165, 1.54) is 5.56 Å². The Kier molecular flexibility index (Phi) is 7.40. The number of anilines is 1. The van der Waals surface area contributed by atoms with Gasteiger partial charge in [0.2, 0.25) is 0 Å². The van der Waals surface area contributed by atoms with E-state index < -0.39 is 0 Å². The molecule has 0 fully saturated rings. The van der Waals surface area contributed by atoms with Crippen LogP contribution in [0.15, 0.2) is 18.3 Å². The van der Waals surface area contributed by atoms with Gasteiger partial charge in [0.25, 0.3) is 0 Å². The van der Waals surface area contributed by atoms with Crippen LogP contribution >= 0.6 is 0 Å². The Labute approximate surface area is 116 Å². The fourth-order valence-corrected chi connectivity index (χ4v) is 1.62. The summed E-state index contributed by atoms with van der Waals surface area (Å²) < 4.78 is 4.99. The highest BCUT2D eigenvalue weighted by Gasteiger charge is 2.02. The molecule has 0 amide bonds. The molecule has 5 heteroatoms. The van der Waals surface area contributed by atoms with Gasteiger partial charge in [0.1, 0.15) is 5.82 Å². The summed E-state index contributed by atoms with van der Waals surface area (Å²) in [7, 11) is 7.94. The van der Waals surface area contributed by atoms with E-state index in [2.05, 4.69) is 53.4 Å². The Hall–Kier alpha value is -1.17. The van der Waals surface area contributed by atoms with Crippen LogP contribution in [0.4, 0.5) is 5.82 Å². The lowest BCUT2D eigenvalue weighted by Gasteiger charge is -2.20. The van der Waals surface area contributed by atoms with Gasteiger partial charge < -0.3 is 19.9 Å². The molecule has 0 saturated heterocycles. The molecule has 5 nitrogen and oxygen atoms in total. The number of nitrogens with one attached hydrogen (secondary N) is 1. The van der Waals surface area contributed by atoms with Crippen molar-refractivity contribution in [3.63, 3.8) is 0 Å². The largest absolute Gasteiger partial charge is 0.383 e. The number of hydrogen-bond acceptors (Lipinski definition) is 5. The lowest BCUT2D eigenvalue weighted by atomic mass is 10.2. The van der Waals surface area contributed by atoms with E-state index in [4.69, 9.17) is 4.74 Å². The summed E-state index contributed by atoms with van der Waals surface area (Å²) in [5, 5.41) is 3.31. The van der Waals surface area contributed by atoms with Crippen LogP contribution in [0.25, 0.3) is 0 Å². The second kappa shape index (κ2) is 8.85. The van der Waals surface area contributed by atoms with Gasteiger partial charge >= 0.3 is 0 Å². The Bertz CT molecular complexity index is 340. The van der Waals surface area contributed by atoms with Gasteiger partial charge in [-0.25, -0.2) is 4.98 Å². The molecule has 1 aromatic heterocycles. The van der Waals surface area contributed by atoms with Crippen molar-refractivity contribution in [1.29, 1.82) is 0 Å². The van der Waals surface area contributed by atoms with Crippen molar-refractivity contribution < 1.29 is 4.74 Å². The first-order valence-electron chi connectivity index (χ1n) is 6.64. The molecule has 1 rings (SSSR count). The number of ether oxygens (including phenoxy) is 1. The number of aromatic nitrogens is 1. The Morgan fingerprint density at radius 3 is 2.58 bits per heavy atom. The van der Waals surface area contributed by atoms with Crippen molar-refractivity contribution in [3.8, 4) is 0 Å². The van der Waals surface area contributed by atoms with Gasteiger partial charge in [0, 0.05) is 46.5 Å². The summed E-state index contributed by atoms with van der Waals surface area (Å²) in [4.78, 5) is 8.83. The summed E-state index contributed by atoms with van der Waals surface area (Å²) in [5.41, 5.74) is 1.20. The molecule has 0 aliphatic rings. The molecule has 0 atom stereocenters. The summed E-state index contributed by atoms with van der Waals surface area (Å²) in [6.45, 7) is 4.43. The smallest absolute Gasteiger partial charge is 0.128 e. The van der Waals surface area contributed by atoms with E-state index in [0.717, 1.165) is 38.6 Å². The lowest BCUT2D eigenvalue weighted by molar-refractivity contribution is 0.199. The van der Waals surface area contributed by atoms with Crippen LogP contribution < -0.4 is 10.2 Å². The minimum atomic E-state index is 0.735. The first-order chi connectivity index (χ1) is 9.13. The molecule has 0 bridgehead atoms. The van der Waals surface area contributed by atoms with Gasteiger partial charge in [-0.2, -0.15) is 0 Å². The third kappa shape index (κ3) is 6.52. The predicted octanol–water partition coefficient (Wildman–Crippen LogP) is 0.815. The summed E-state index contributed by atoms with van der Waals surface area (Å²) >= 11 is 0. The molecule has 0 spiro atoms. The third-order valence-corrected chi connectivity index (χ3v) is 2.89. The first kappa shape index (κ1) is 15.9. The fraction of sp³-hybridized carbons (Fsp3) is 0.643. The zero-order chi connectivity index (χ0) is 14.1. The van der Waals surface area contributed by atoms with Gasteiger partial charge in [-0.05, 0) is 25.7 Å². The monoisotopic (exact) mass is 266 g/mol. The Morgan fingerprint density at radius 2 is 2.00 bits per heavy atom. The molecule has 1 heterocycles. The molecule has 0 aromatic carbocycles. The topological polar surface area (TPSA) is 40.6 Å². The zero-order valence-corrected chi connectivity index (χ0v) is 12.5. The number of pyridine rings is 1. The zero-order valence-electron chi connectivity index (χ0n) is 12.5. The third-order valence-electron chi connectivity index (χ3n) is 2.89. The van der Waals surface area contributed by atoms with Crippen LogP contribution in [0.2, 0.25) is 0 Å².